The average molecular weight is 332 g/mol. The fraction of sp³-hybridized carbons (Fsp3) is 0.250. The highest BCUT2D eigenvalue weighted by Crippen LogP contribution is 2.18. The molecule has 0 aliphatic carbocycles. The Morgan fingerprint density at radius 3 is 2.77 bits per heavy atom. The van der Waals surface area contributed by atoms with E-state index in [1.807, 2.05) is 17.5 Å². The van der Waals surface area contributed by atoms with E-state index < -0.39 is 0 Å². The van der Waals surface area contributed by atoms with Crippen molar-refractivity contribution in [3.63, 3.8) is 0 Å². The number of hydrogen-bond acceptors (Lipinski definition) is 4. The van der Waals surface area contributed by atoms with Gasteiger partial charge in [-0.3, -0.25) is 4.79 Å². The molecular weight excluding hydrogens is 318 g/mol. The van der Waals surface area contributed by atoms with Crippen LogP contribution in [0.15, 0.2) is 35.8 Å². The Balaban J connectivity index is 1.59. The van der Waals surface area contributed by atoms with E-state index in [0.717, 1.165) is 23.8 Å². The first-order valence-electron chi connectivity index (χ1n) is 6.93. The van der Waals surface area contributed by atoms with Crippen molar-refractivity contribution in [2.45, 2.75) is 0 Å². The zero-order valence-corrected chi connectivity index (χ0v) is 13.4. The van der Waals surface area contributed by atoms with Crippen LogP contribution < -0.4 is 4.90 Å². The summed E-state index contributed by atoms with van der Waals surface area (Å²) in [4.78, 5) is 20.4. The van der Waals surface area contributed by atoms with Crippen LogP contribution in [-0.2, 0) is 4.79 Å². The summed E-state index contributed by atoms with van der Waals surface area (Å²) in [6.45, 7) is 2.92. The van der Waals surface area contributed by atoms with Crippen LogP contribution in [0, 0.1) is 11.8 Å². The number of halogens is 1. The number of piperazine rings is 1. The maximum absolute atomic E-state index is 12.1. The van der Waals surface area contributed by atoms with E-state index in [0.29, 0.717) is 18.1 Å². The third-order valence-corrected chi connectivity index (χ3v) is 4.46. The standard InChI is InChI=1S/C16H14ClN3OS/c17-14-3-1-2-13(12-14)4-5-15(21)19-7-9-20(10-8-19)16-18-6-11-22-16/h1-3,6,11-12H,7-10H2. The number of carbonyl (C=O) groups excluding carboxylic acids is 1. The second kappa shape index (κ2) is 6.82. The molecule has 0 N–H and O–H groups in total. The predicted octanol–water partition coefficient (Wildman–Crippen LogP) is 2.50. The molecule has 2 heterocycles. The summed E-state index contributed by atoms with van der Waals surface area (Å²) >= 11 is 7.52. The second-order valence-corrected chi connectivity index (χ2v) is 6.16. The number of rotatable bonds is 1. The molecule has 0 bridgehead atoms. The molecule has 0 saturated carbocycles. The first kappa shape index (κ1) is 14.9. The summed E-state index contributed by atoms with van der Waals surface area (Å²) in [5.74, 6) is 5.42. The Kier molecular flexibility index (Phi) is 4.62. The molecule has 0 spiro atoms. The van der Waals surface area contributed by atoms with Gasteiger partial charge in [-0.2, -0.15) is 0 Å². The van der Waals surface area contributed by atoms with E-state index in [2.05, 4.69) is 21.7 Å². The van der Waals surface area contributed by atoms with E-state index in [9.17, 15) is 4.79 Å². The van der Waals surface area contributed by atoms with Crippen LogP contribution in [0.4, 0.5) is 5.13 Å². The first-order chi connectivity index (χ1) is 10.7. The van der Waals surface area contributed by atoms with E-state index >= 15 is 0 Å². The van der Waals surface area contributed by atoms with E-state index in [1.165, 1.54) is 0 Å². The van der Waals surface area contributed by atoms with Gasteiger partial charge in [0.05, 0.1) is 0 Å². The van der Waals surface area contributed by atoms with Crippen molar-refractivity contribution in [2.24, 2.45) is 0 Å². The maximum atomic E-state index is 12.1. The molecule has 0 atom stereocenters. The van der Waals surface area contributed by atoms with Crippen molar-refractivity contribution in [1.29, 1.82) is 0 Å². The van der Waals surface area contributed by atoms with Crippen molar-refractivity contribution >= 4 is 34.0 Å². The minimum atomic E-state index is -0.140. The molecule has 4 nitrogen and oxygen atoms in total. The van der Waals surface area contributed by atoms with Crippen LogP contribution in [0.2, 0.25) is 5.02 Å². The van der Waals surface area contributed by atoms with Crippen LogP contribution in [0.1, 0.15) is 5.56 Å². The van der Waals surface area contributed by atoms with E-state index in [-0.39, 0.29) is 5.91 Å². The quantitative estimate of drug-likeness (QED) is 0.753. The lowest BCUT2D eigenvalue weighted by molar-refractivity contribution is -0.125. The van der Waals surface area contributed by atoms with Gasteiger partial charge >= 0.3 is 0 Å². The number of aromatic nitrogens is 1. The second-order valence-electron chi connectivity index (χ2n) is 4.85. The number of benzene rings is 1. The molecule has 22 heavy (non-hydrogen) atoms. The molecule has 2 aromatic rings. The monoisotopic (exact) mass is 331 g/mol. The largest absolute Gasteiger partial charge is 0.345 e. The molecule has 1 saturated heterocycles. The third kappa shape index (κ3) is 3.59. The smallest absolute Gasteiger partial charge is 0.298 e. The van der Waals surface area contributed by atoms with Crippen molar-refractivity contribution in [3.8, 4) is 11.8 Å². The molecule has 1 fully saturated rings. The van der Waals surface area contributed by atoms with Gasteiger partial charge in [-0.05, 0) is 18.2 Å². The molecule has 1 aromatic carbocycles. The van der Waals surface area contributed by atoms with Crippen molar-refractivity contribution in [3.05, 3.63) is 46.4 Å². The summed E-state index contributed by atoms with van der Waals surface area (Å²) in [5.41, 5.74) is 0.752. The fourth-order valence-corrected chi connectivity index (χ4v) is 3.13. The maximum Gasteiger partial charge on any atom is 0.298 e. The normalized spacial score (nSPS) is 14.4. The minimum Gasteiger partial charge on any atom is -0.345 e. The highest BCUT2D eigenvalue weighted by atomic mass is 35.5. The fourth-order valence-electron chi connectivity index (χ4n) is 2.24. The average Bonchev–Trinajstić information content (AvgIpc) is 3.07. The van der Waals surface area contributed by atoms with Gasteiger partial charge in [-0.25, -0.2) is 4.98 Å². The number of anilines is 1. The van der Waals surface area contributed by atoms with Crippen LogP contribution in [0.25, 0.3) is 0 Å². The molecule has 1 aliphatic rings. The van der Waals surface area contributed by atoms with Gasteiger partial charge in [-0.1, -0.05) is 23.6 Å². The molecular formula is C16H14ClN3OS. The highest BCUT2D eigenvalue weighted by Gasteiger charge is 2.21. The van der Waals surface area contributed by atoms with Gasteiger partial charge in [0.2, 0.25) is 0 Å². The van der Waals surface area contributed by atoms with Crippen molar-refractivity contribution in [2.75, 3.05) is 31.1 Å². The Labute approximate surface area is 138 Å². The summed E-state index contributed by atoms with van der Waals surface area (Å²) in [7, 11) is 0. The van der Waals surface area contributed by atoms with Gasteiger partial charge < -0.3 is 9.80 Å². The zero-order chi connectivity index (χ0) is 15.4. The molecule has 0 unspecified atom stereocenters. The number of nitrogens with zero attached hydrogens (tertiary/aromatic N) is 3. The Morgan fingerprint density at radius 2 is 2.09 bits per heavy atom. The topological polar surface area (TPSA) is 36.4 Å². The summed E-state index contributed by atoms with van der Waals surface area (Å²) in [6, 6.07) is 7.20. The van der Waals surface area contributed by atoms with Gasteiger partial charge in [0.25, 0.3) is 5.91 Å². The van der Waals surface area contributed by atoms with Crippen LogP contribution in [0.5, 0.6) is 0 Å². The molecule has 1 aliphatic heterocycles. The molecule has 1 aromatic heterocycles. The van der Waals surface area contributed by atoms with Gasteiger partial charge in [0.1, 0.15) is 0 Å². The summed E-state index contributed by atoms with van der Waals surface area (Å²) in [6.07, 6.45) is 1.80. The molecule has 112 valence electrons. The zero-order valence-electron chi connectivity index (χ0n) is 11.8. The van der Waals surface area contributed by atoms with Crippen molar-refractivity contribution < 1.29 is 4.79 Å². The lowest BCUT2D eigenvalue weighted by atomic mass is 10.2. The molecule has 3 rings (SSSR count). The van der Waals surface area contributed by atoms with Gasteiger partial charge in [0, 0.05) is 54.3 Å². The third-order valence-electron chi connectivity index (χ3n) is 3.40. The number of hydrogen-bond donors (Lipinski definition) is 0. The van der Waals surface area contributed by atoms with E-state index in [4.69, 9.17) is 11.6 Å². The summed E-state index contributed by atoms with van der Waals surface area (Å²) in [5, 5.41) is 3.59. The Morgan fingerprint density at radius 1 is 1.27 bits per heavy atom. The van der Waals surface area contributed by atoms with E-state index in [1.54, 1.807) is 34.6 Å². The predicted molar refractivity (Wildman–Crippen MR) is 89.2 cm³/mol. The van der Waals surface area contributed by atoms with Crippen LogP contribution in [0.3, 0.4) is 0 Å². The van der Waals surface area contributed by atoms with Gasteiger partial charge in [-0.15, -0.1) is 11.3 Å². The Bertz CT molecular complexity index is 712. The number of amides is 1. The molecule has 0 radical (unpaired) electrons. The minimum absolute atomic E-state index is 0.140. The van der Waals surface area contributed by atoms with Crippen LogP contribution >= 0.6 is 22.9 Å². The summed E-state index contributed by atoms with van der Waals surface area (Å²) < 4.78 is 0. The lowest BCUT2D eigenvalue weighted by Crippen LogP contribution is -2.48. The highest BCUT2D eigenvalue weighted by molar-refractivity contribution is 7.13. The SMILES string of the molecule is O=C(C#Cc1cccc(Cl)c1)N1CCN(c2nccs2)CC1. The molecule has 6 heteroatoms. The first-order valence-corrected chi connectivity index (χ1v) is 8.19. The van der Waals surface area contributed by atoms with Gasteiger partial charge in [0.15, 0.2) is 5.13 Å². The van der Waals surface area contributed by atoms with Crippen molar-refractivity contribution in [1.82, 2.24) is 9.88 Å². The Hall–Kier alpha value is -2.03. The molecule has 1 amide bonds. The number of thiazole rings is 1. The lowest BCUT2D eigenvalue weighted by Gasteiger charge is -2.33. The van der Waals surface area contributed by atoms with Crippen LogP contribution in [-0.4, -0.2) is 42.0 Å². The number of carbonyl (C=O) groups is 1.